The second-order valence-electron chi connectivity index (χ2n) is 5.84. The molecule has 2 aliphatic carbocycles. The maximum Gasteiger partial charge on any atom is 0.0233 e. The largest absolute Gasteiger partial charge is 0.120 e. The topological polar surface area (TPSA) is 0 Å². The summed E-state index contributed by atoms with van der Waals surface area (Å²) >= 11 is 0. The van der Waals surface area contributed by atoms with Crippen molar-refractivity contribution in [3.05, 3.63) is 0 Å². The third-order valence-corrected chi connectivity index (χ3v) is 5.17. The van der Waals surface area contributed by atoms with Gasteiger partial charge in [-0.1, -0.05) is 33.1 Å². The minimum atomic E-state index is 0.589. The zero-order valence-corrected chi connectivity index (χ0v) is 10.3. The molecule has 2 aliphatic rings. The first-order valence-electron chi connectivity index (χ1n) is 6.68. The van der Waals surface area contributed by atoms with Gasteiger partial charge in [0.05, 0.1) is 0 Å². The summed E-state index contributed by atoms with van der Waals surface area (Å²) < 4.78 is 0. The summed E-state index contributed by atoms with van der Waals surface area (Å²) in [7, 11) is 0. The Balaban J connectivity index is 2.16. The Morgan fingerprint density at radius 1 is 1.33 bits per heavy atom. The van der Waals surface area contributed by atoms with Gasteiger partial charge in [-0.15, -0.1) is 12.3 Å². The number of terminal acetylenes is 1. The van der Waals surface area contributed by atoms with Crippen LogP contribution in [0.15, 0.2) is 0 Å². The number of hydrogen-bond acceptors (Lipinski definition) is 0. The van der Waals surface area contributed by atoms with Crippen LogP contribution in [-0.2, 0) is 0 Å². The van der Waals surface area contributed by atoms with Crippen LogP contribution in [0.3, 0.4) is 0 Å². The van der Waals surface area contributed by atoms with Crippen molar-refractivity contribution in [2.24, 2.45) is 23.2 Å². The van der Waals surface area contributed by atoms with Crippen molar-refractivity contribution >= 4 is 0 Å². The summed E-state index contributed by atoms with van der Waals surface area (Å²) in [5.74, 6) is 5.45. The Labute approximate surface area is 94.8 Å². The monoisotopic (exact) mass is 204 g/mol. The number of rotatable bonds is 2. The third kappa shape index (κ3) is 1.71. The Bertz CT molecular complexity index is 260. The van der Waals surface area contributed by atoms with Crippen LogP contribution in [0.5, 0.6) is 0 Å². The molecule has 84 valence electrons. The Kier molecular flexibility index (Phi) is 3.10. The van der Waals surface area contributed by atoms with Crippen LogP contribution in [0.2, 0.25) is 0 Å². The highest BCUT2D eigenvalue weighted by Crippen LogP contribution is 2.58. The Morgan fingerprint density at radius 2 is 2.13 bits per heavy atom. The van der Waals surface area contributed by atoms with E-state index in [1.54, 1.807) is 0 Å². The van der Waals surface area contributed by atoms with Crippen molar-refractivity contribution in [3.63, 3.8) is 0 Å². The van der Waals surface area contributed by atoms with Crippen LogP contribution < -0.4 is 0 Å². The van der Waals surface area contributed by atoms with E-state index in [9.17, 15) is 0 Å². The van der Waals surface area contributed by atoms with Gasteiger partial charge in [-0.05, 0) is 42.9 Å². The van der Waals surface area contributed by atoms with Crippen molar-refractivity contribution in [1.82, 2.24) is 0 Å². The molecule has 0 heteroatoms. The molecule has 0 bridgehead atoms. The summed E-state index contributed by atoms with van der Waals surface area (Å²) in [5, 5.41) is 0. The van der Waals surface area contributed by atoms with E-state index in [1.165, 1.54) is 44.9 Å². The number of hydrogen-bond donors (Lipinski definition) is 0. The first kappa shape index (κ1) is 11.1. The van der Waals surface area contributed by atoms with Gasteiger partial charge in [0.1, 0.15) is 0 Å². The zero-order valence-electron chi connectivity index (χ0n) is 10.3. The van der Waals surface area contributed by atoms with Crippen LogP contribution in [0.25, 0.3) is 0 Å². The van der Waals surface area contributed by atoms with E-state index in [4.69, 9.17) is 6.42 Å². The van der Waals surface area contributed by atoms with E-state index in [1.807, 2.05) is 0 Å². The van der Waals surface area contributed by atoms with Crippen molar-refractivity contribution in [3.8, 4) is 12.3 Å². The van der Waals surface area contributed by atoms with Gasteiger partial charge >= 0.3 is 0 Å². The molecule has 0 spiro atoms. The van der Waals surface area contributed by atoms with E-state index in [0.29, 0.717) is 11.3 Å². The molecule has 0 N–H and O–H groups in total. The van der Waals surface area contributed by atoms with Crippen molar-refractivity contribution in [1.29, 1.82) is 0 Å². The minimum absolute atomic E-state index is 0.589. The van der Waals surface area contributed by atoms with Gasteiger partial charge in [0.15, 0.2) is 0 Å². The normalized spacial score (nSPS) is 44.7. The lowest BCUT2D eigenvalue weighted by Crippen LogP contribution is -2.36. The predicted molar refractivity (Wildman–Crippen MR) is 65.4 cm³/mol. The standard InChI is InChI=1S/C15H24/c1-4-7-13-9-10-14-12(5-2)8-6-11-15(13,14)3/h2,12-14H,4,6-11H2,1,3H3. The fourth-order valence-electron chi connectivity index (χ4n) is 4.32. The lowest BCUT2D eigenvalue weighted by molar-refractivity contribution is 0.0693. The van der Waals surface area contributed by atoms with Crippen LogP contribution in [0, 0.1) is 35.5 Å². The molecule has 0 aromatic carbocycles. The summed E-state index contributed by atoms with van der Waals surface area (Å²) in [5.41, 5.74) is 0.589. The average Bonchev–Trinajstić information content (AvgIpc) is 2.56. The molecule has 0 aliphatic heterocycles. The molecule has 0 radical (unpaired) electrons. The summed E-state index contributed by atoms with van der Waals surface area (Å²) in [4.78, 5) is 0. The smallest absolute Gasteiger partial charge is 0.0233 e. The maximum absolute atomic E-state index is 5.69. The van der Waals surface area contributed by atoms with Crippen LogP contribution in [-0.4, -0.2) is 0 Å². The number of fused-ring (bicyclic) bond motifs is 1. The lowest BCUT2D eigenvalue weighted by Gasteiger charge is -2.43. The molecule has 2 saturated carbocycles. The molecule has 0 nitrogen and oxygen atoms in total. The fourth-order valence-corrected chi connectivity index (χ4v) is 4.32. The first-order chi connectivity index (χ1) is 7.22. The quantitative estimate of drug-likeness (QED) is 0.590. The van der Waals surface area contributed by atoms with E-state index < -0.39 is 0 Å². The summed E-state index contributed by atoms with van der Waals surface area (Å²) in [6.07, 6.45) is 15.4. The Hall–Kier alpha value is -0.440. The minimum Gasteiger partial charge on any atom is -0.120 e. The first-order valence-corrected chi connectivity index (χ1v) is 6.68. The van der Waals surface area contributed by atoms with Gasteiger partial charge in [-0.3, -0.25) is 0 Å². The second kappa shape index (κ2) is 4.20. The molecule has 0 saturated heterocycles. The van der Waals surface area contributed by atoms with Gasteiger partial charge in [-0.25, -0.2) is 0 Å². The average molecular weight is 204 g/mol. The van der Waals surface area contributed by atoms with Gasteiger partial charge in [0.2, 0.25) is 0 Å². The molecule has 0 aromatic rings. The molecule has 2 fully saturated rings. The van der Waals surface area contributed by atoms with E-state index in [-0.39, 0.29) is 0 Å². The van der Waals surface area contributed by atoms with Gasteiger partial charge < -0.3 is 0 Å². The van der Waals surface area contributed by atoms with Crippen molar-refractivity contribution < 1.29 is 0 Å². The molecular weight excluding hydrogens is 180 g/mol. The van der Waals surface area contributed by atoms with Gasteiger partial charge in [0.25, 0.3) is 0 Å². The van der Waals surface area contributed by atoms with Crippen LogP contribution >= 0.6 is 0 Å². The second-order valence-corrected chi connectivity index (χ2v) is 5.84. The highest BCUT2D eigenvalue weighted by molar-refractivity contribution is 5.08. The Morgan fingerprint density at radius 3 is 2.80 bits per heavy atom. The van der Waals surface area contributed by atoms with E-state index in [2.05, 4.69) is 19.8 Å². The predicted octanol–water partition coefficient (Wildman–Crippen LogP) is 4.25. The van der Waals surface area contributed by atoms with Crippen LogP contribution in [0.1, 0.15) is 58.8 Å². The summed E-state index contributed by atoms with van der Waals surface area (Å²) in [6, 6.07) is 0. The van der Waals surface area contributed by atoms with Crippen LogP contribution in [0.4, 0.5) is 0 Å². The van der Waals surface area contributed by atoms with E-state index >= 15 is 0 Å². The molecular formula is C15H24. The molecule has 2 rings (SSSR count). The molecule has 15 heavy (non-hydrogen) atoms. The molecule has 4 unspecified atom stereocenters. The lowest BCUT2D eigenvalue weighted by atomic mass is 9.61. The van der Waals surface area contributed by atoms with Crippen molar-refractivity contribution in [2.45, 2.75) is 58.8 Å². The molecule has 0 aromatic heterocycles. The maximum atomic E-state index is 5.69. The highest BCUT2D eigenvalue weighted by Gasteiger charge is 2.49. The zero-order chi connectivity index (χ0) is 10.9. The molecule has 4 atom stereocenters. The third-order valence-electron chi connectivity index (χ3n) is 5.17. The van der Waals surface area contributed by atoms with E-state index in [0.717, 1.165) is 11.8 Å². The van der Waals surface area contributed by atoms with Gasteiger partial charge in [-0.2, -0.15) is 0 Å². The summed E-state index contributed by atoms with van der Waals surface area (Å²) in [6.45, 7) is 4.84. The molecule has 0 heterocycles. The van der Waals surface area contributed by atoms with Crippen molar-refractivity contribution in [2.75, 3.05) is 0 Å². The van der Waals surface area contributed by atoms with Gasteiger partial charge in [0, 0.05) is 5.92 Å². The highest BCUT2D eigenvalue weighted by atomic mass is 14.5. The molecule has 0 amide bonds. The SMILES string of the molecule is C#CC1CCCC2(C)C(CCC)CCC12. The fraction of sp³-hybridized carbons (Fsp3) is 0.867.